The fourth-order valence-corrected chi connectivity index (χ4v) is 2.83. The number of hydrogen-bond acceptors (Lipinski definition) is 7. The zero-order valence-corrected chi connectivity index (χ0v) is 13.6. The normalized spacial score (nSPS) is 10.9. The Balaban J connectivity index is 1.49. The van der Waals surface area contributed by atoms with E-state index in [-0.39, 0.29) is 12.5 Å². The fraction of sp³-hybridized carbons (Fsp3) is 0.333. The van der Waals surface area contributed by atoms with Gasteiger partial charge in [0, 0.05) is 12.0 Å². The summed E-state index contributed by atoms with van der Waals surface area (Å²) in [6.45, 7) is 3.96. The van der Waals surface area contributed by atoms with Gasteiger partial charge in [-0.05, 0) is 31.7 Å². The van der Waals surface area contributed by atoms with Crippen LogP contribution >= 0.6 is 11.3 Å². The van der Waals surface area contributed by atoms with Gasteiger partial charge in [0.05, 0.1) is 17.1 Å². The monoisotopic (exact) mass is 332 g/mol. The maximum atomic E-state index is 11.9. The second-order valence-electron chi connectivity index (χ2n) is 5.07. The molecule has 120 valence electrons. The van der Waals surface area contributed by atoms with E-state index in [4.69, 9.17) is 9.05 Å². The van der Waals surface area contributed by atoms with Gasteiger partial charge in [0.15, 0.2) is 5.82 Å². The van der Waals surface area contributed by atoms with Gasteiger partial charge in [-0.2, -0.15) is 4.98 Å². The van der Waals surface area contributed by atoms with E-state index in [1.807, 2.05) is 31.4 Å². The van der Waals surface area contributed by atoms with Crippen molar-refractivity contribution in [1.29, 1.82) is 0 Å². The first-order valence-corrected chi connectivity index (χ1v) is 8.06. The Morgan fingerprint density at radius 2 is 2.17 bits per heavy atom. The largest absolute Gasteiger partial charge is 0.361 e. The van der Waals surface area contributed by atoms with Crippen molar-refractivity contribution < 1.29 is 13.8 Å². The molecule has 0 atom stereocenters. The molecule has 0 bridgehead atoms. The molecule has 1 N–H and O–H groups in total. The van der Waals surface area contributed by atoms with Crippen molar-refractivity contribution in [3.05, 3.63) is 40.4 Å². The molecule has 0 aliphatic carbocycles. The number of carbonyl (C=O) groups excluding carboxylic acids is 1. The molecule has 3 rings (SSSR count). The first kappa shape index (κ1) is 15.4. The Hall–Kier alpha value is -2.48. The number of amides is 1. The minimum atomic E-state index is -0.0764. The summed E-state index contributed by atoms with van der Waals surface area (Å²) in [6.07, 6.45) is 0.957. The molecule has 0 aliphatic rings. The SMILES string of the molecule is Cc1noc(C)c1CCC(=O)NCc1noc(-c2cccs2)n1. The van der Waals surface area contributed by atoms with Gasteiger partial charge in [-0.1, -0.05) is 16.4 Å². The van der Waals surface area contributed by atoms with Crippen LogP contribution in [0.4, 0.5) is 0 Å². The lowest BCUT2D eigenvalue weighted by atomic mass is 10.1. The number of thiophene rings is 1. The number of rotatable bonds is 6. The van der Waals surface area contributed by atoms with Crippen LogP contribution in [0.15, 0.2) is 26.6 Å². The highest BCUT2D eigenvalue weighted by Crippen LogP contribution is 2.22. The van der Waals surface area contributed by atoms with Crippen LogP contribution in [0.2, 0.25) is 0 Å². The number of aryl methyl sites for hydroxylation is 2. The molecule has 8 heteroatoms. The topological polar surface area (TPSA) is 94.1 Å². The second-order valence-corrected chi connectivity index (χ2v) is 6.02. The summed E-state index contributed by atoms with van der Waals surface area (Å²) in [7, 11) is 0. The standard InChI is InChI=1S/C15H16N4O3S/c1-9-11(10(2)21-18-9)5-6-14(20)16-8-13-17-15(22-19-13)12-4-3-7-23-12/h3-4,7H,5-6,8H2,1-2H3,(H,16,20). The van der Waals surface area contributed by atoms with Crippen molar-refractivity contribution in [2.75, 3.05) is 0 Å². The van der Waals surface area contributed by atoms with Gasteiger partial charge >= 0.3 is 0 Å². The third-order valence-electron chi connectivity index (χ3n) is 3.43. The van der Waals surface area contributed by atoms with Crippen LogP contribution in [0, 0.1) is 13.8 Å². The predicted molar refractivity (Wildman–Crippen MR) is 83.8 cm³/mol. The molecule has 0 radical (unpaired) electrons. The van der Waals surface area contributed by atoms with Crippen molar-refractivity contribution in [1.82, 2.24) is 20.6 Å². The molecule has 1 amide bonds. The van der Waals surface area contributed by atoms with Crippen LogP contribution in [0.25, 0.3) is 10.8 Å². The molecule has 3 heterocycles. The van der Waals surface area contributed by atoms with Crippen molar-refractivity contribution >= 4 is 17.2 Å². The van der Waals surface area contributed by atoms with Gasteiger partial charge in [0.2, 0.25) is 5.91 Å². The van der Waals surface area contributed by atoms with Crippen LogP contribution in [0.3, 0.4) is 0 Å². The average molecular weight is 332 g/mol. The van der Waals surface area contributed by atoms with Crippen LogP contribution in [-0.2, 0) is 17.8 Å². The molecule has 7 nitrogen and oxygen atoms in total. The zero-order valence-electron chi connectivity index (χ0n) is 12.8. The van der Waals surface area contributed by atoms with Gasteiger partial charge in [-0.3, -0.25) is 4.79 Å². The lowest BCUT2D eigenvalue weighted by molar-refractivity contribution is -0.121. The number of nitrogens with zero attached hydrogens (tertiary/aromatic N) is 3. The highest BCUT2D eigenvalue weighted by atomic mass is 32.1. The quantitative estimate of drug-likeness (QED) is 0.746. The van der Waals surface area contributed by atoms with E-state index in [1.54, 1.807) is 0 Å². The van der Waals surface area contributed by atoms with Gasteiger partial charge in [0.1, 0.15) is 5.76 Å². The van der Waals surface area contributed by atoms with Crippen molar-refractivity contribution in [2.24, 2.45) is 0 Å². The Morgan fingerprint density at radius 3 is 2.87 bits per heavy atom. The summed E-state index contributed by atoms with van der Waals surface area (Å²) in [4.78, 5) is 17.1. The average Bonchev–Trinajstić information content (AvgIpc) is 3.25. The fourth-order valence-electron chi connectivity index (χ4n) is 2.19. The molecular formula is C15H16N4O3S. The van der Waals surface area contributed by atoms with Gasteiger partial charge in [-0.25, -0.2) is 0 Å². The highest BCUT2D eigenvalue weighted by Gasteiger charge is 2.13. The van der Waals surface area contributed by atoms with Crippen LogP contribution in [0.5, 0.6) is 0 Å². The van der Waals surface area contributed by atoms with Crippen LogP contribution < -0.4 is 5.32 Å². The molecule has 23 heavy (non-hydrogen) atoms. The third kappa shape index (κ3) is 3.65. The van der Waals surface area contributed by atoms with E-state index in [1.165, 1.54) is 11.3 Å². The third-order valence-corrected chi connectivity index (χ3v) is 4.28. The zero-order chi connectivity index (χ0) is 16.2. The van der Waals surface area contributed by atoms with Crippen molar-refractivity contribution in [2.45, 2.75) is 33.2 Å². The molecule has 0 aromatic carbocycles. The predicted octanol–water partition coefficient (Wildman–Crippen LogP) is 2.65. The van der Waals surface area contributed by atoms with Crippen LogP contribution in [-0.4, -0.2) is 21.2 Å². The second kappa shape index (κ2) is 6.74. The van der Waals surface area contributed by atoms with E-state index >= 15 is 0 Å². The van der Waals surface area contributed by atoms with Gasteiger partial charge < -0.3 is 14.4 Å². The summed E-state index contributed by atoms with van der Waals surface area (Å²) < 4.78 is 10.3. The van der Waals surface area contributed by atoms with E-state index in [0.29, 0.717) is 24.6 Å². The van der Waals surface area contributed by atoms with Crippen LogP contribution in [0.1, 0.15) is 29.3 Å². The smallest absolute Gasteiger partial charge is 0.268 e. The highest BCUT2D eigenvalue weighted by molar-refractivity contribution is 7.13. The number of nitrogens with one attached hydrogen (secondary N) is 1. The number of aromatic nitrogens is 3. The minimum absolute atomic E-state index is 0.0764. The number of carbonyl (C=O) groups is 1. The minimum Gasteiger partial charge on any atom is -0.361 e. The van der Waals surface area contributed by atoms with Crippen molar-refractivity contribution in [3.63, 3.8) is 0 Å². The Kier molecular flexibility index (Phi) is 4.52. The molecule has 0 unspecified atom stereocenters. The Labute approximate surface area is 136 Å². The molecule has 3 aromatic heterocycles. The summed E-state index contributed by atoms with van der Waals surface area (Å²) in [6, 6.07) is 3.82. The summed E-state index contributed by atoms with van der Waals surface area (Å²) in [5.41, 5.74) is 1.81. The molecule has 0 saturated heterocycles. The Morgan fingerprint density at radius 1 is 1.30 bits per heavy atom. The van der Waals surface area contributed by atoms with E-state index < -0.39 is 0 Å². The first-order chi connectivity index (χ1) is 11.1. The number of hydrogen-bond donors (Lipinski definition) is 1. The molecule has 0 aliphatic heterocycles. The maximum Gasteiger partial charge on any atom is 0.268 e. The molecular weight excluding hydrogens is 316 g/mol. The maximum absolute atomic E-state index is 11.9. The van der Waals surface area contributed by atoms with Crippen molar-refractivity contribution in [3.8, 4) is 10.8 Å². The van der Waals surface area contributed by atoms with Gasteiger partial charge in [-0.15, -0.1) is 11.3 Å². The molecule has 0 fully saturated rings. The summed E-state index contributed by atoms with van der Waals surface area (Å²) in [5, 5.41) is 12.5. The van der Waals surface area contributed by atoms with Gasteiger partial charge in [0.25, 0.3) is 5.89 Å². The summed E-state index contributed by atoms with van der Waals surface area (Å²) in [5.74, 6) is 1.61. The molecule has 0 saturated carbocycles. The molecule has 3 aromatic rings. The Bertz CT molecular complexity index is 772. The first-order valence-electron chi connectivity index (χ1n) is 7.18. The van der Waals surface area contributed by atoms with E-state index in [2.05, 4.69) is 20.6 Å². The van der Waals surface area contributed by atoms with E-state index in [0.717, 1.165) is 21.9 Å². The molecule has 0 spiro atoms. The lowest BCUT2D eigenvalue weighted by Crippen LogP contribution is -2.23. The summed E-state index contributed by atoms with van der Waals surface area (Å²) >= 11 is 1.52. The lowest BCUT2D eigenvalue weighted by Gasteiger charge is -2.02. The van der Waals surface area contributed by atoms with E-state index in [9.17, 15) is 4.79 Å².